The Morgan fingerprint density at radius 2 is 2.12 bits per heavy atom. The highest BCUT2D eigenvalue weighted by Gasteiger charge is 2.26. The smallest absolute Gasteiger partial charge is 0.166 e. The van der Waals surface area contributed by atoms with Crippen LogP contribution in [0.3, 0.4) is 0 Å². The van der Waals surface area contributed by atoms with Crippen molar-refractivity contribution in [1.82, 2.24) is 4.98 Å². The lowest BCUT2D eigenvalue weighted by Crippen LogP contribution is -2.39. The number of aromatic nitrogens is 1. The summed E-state index contributed by atoms with van der Waals surface area (Å²) >= 11 is 9.11. The first kappa shape index (κ1) is 13.7. The van der Waals surface area contributed by atoms with Crippen LogP contribution in [-0.2, 0) is 0 Å². The summed E-state index contributed by atoms with van der Waals surface area (Å²) in [6, 6.07) is 1.39. The Kier molecular flexibility index (Phi) is 4.99. The molecule has 0 spiro atoms. The monoisotopic (exact) mass is 308 g/mol. The van der Waals surface area contributed by atoms with E-state index in [2.05, 4.69) is 26.2 Å². The molecule has 90 valence electrons. The van der Waals surface area contributed by atoms with Crippen LogP contribution in [0.2, 0.25) is 0 Å². The molecule has 0 saturated carbocycles. The van der Waals surface area contributed by atoms with Crippen LogP contribution in [0.4, 0.5) is 10.2 Å². The van der Waals surface area contributed by atoms with Gasteiger partial charge in [-0.2, -0.15) is 0 Å². The fraction of sp³-hybridized carbons (Fsp3) is 0.545. The molecule has 5 heteroatoms. The van der Waals surface area contributed by atoms with Crippen molar-refractivity contribution >= 4 is 33.3 Å². The van der Waals surface area contributed by atoms with Gasteiger partial charge in [-0.15, -0.1) is 11.6 Å². The summed E-state index contributed by atoms with van der Waals surface area (Å²) in [4.78, 5) is 4.01. The molecule has 0 saturated heterocycles. The van der Waals surface area contributed by atoms with Gasteiger partial charge in [-0.1, -0.05) is 13.8 Å². The van der Waals surface area contributed by atoms with Gasteiger partial charge in [0.25, 0.3) is 0 Å². The molecule has 0 aromatic carbocycles. The molecule has 1 N–H and O–H groups in total. The fourth-order valence-electron chi connectivity index (χ4n) is 1.41. The van der Waals surface area contributed by atoms with Crippen molar-refractivity contribution in [3.63, 3.8) is 0 Å². The first-order valence-electron chi connectivity index (χ1n) is 5.22. The number of hydrogen-bond acceptors (Lipinski definition) is 2. The lowest BCUT2D eigenvalue weighted by atomic mass is 9.95. The summed E-state index contributed by atoms with van der Waals surface area (Å²) in [5.74, 6) is 0.315. The highest BCUT2D eigenvalue weighted by atomic mass is 79.9. The van der Waals surface area contributed by atoms with Crippen LogP contribution < -0.4 is 5.32 Å². The predicted octanol–water partition coefficient (Wildman–Crippen LogP) is 4.19. The van der Waals surface area contributed by atoms with Gasteiger partial charge in [0.2, 0.25) is 0 Å². The standard InChI is InChI=1S/C11H15BrClFN2/c1-3-11(4-2,7-13)16-10-9(14)5-8(12)6-15-10/h5-6H,3-4,7H2,1-2H3,(H,15,16). The van der Waals surface area contributed by atoms with Crippen molar-refractivity contribution in [3.8, 4) is 0 Å². The molecule has 1 rings (SSSR count). The maximum atomic E-state index is 13.6. The number of hydrogen-bond donors (Lipinski definition) is 1. The zero-order valence-corrected chi connectivity index (χ0v) is 11.7. The van der Waals surface area contributed by atoms with Crippen LogP contribution in [0.5, 0.6) is 0 Å². The zero-order valence-electron chi connectivity index (χ0n) is 9.36. The molecule has 0 atom stereocenters. The zero-order chi connectivity index (χ0) is 12.2. The maximum absolute atomic E-state index is 13.6. The van der Waals surface area contributed by atoms with Crippen LogP contribution in [0.15, 0.2) is 16.7 Å². The van der Waals surface area contributed by atoms with Crippen LogP contribution in [0, 0.1) is 5.82 Å². The highest BCUT2D eigenvalue weighted by molar-refractivity contribution is 9.10. The molecule has 16 heavy (non-hydrogen) atoms. The van der Waals surface area contributed by atoms with E-state index in [0.717, 1.165) is 12.8 Å². The molecule has 0 fully saturated rings. The topological polar surface area (TPSA) is 24.9 Å². The summed E-state index contributed by atoms with van der Waals surface area (Å²) in [6.45, 7) is 4.05. The molecule has 0 bridgehead atoms. The molecule has 0 amide bonds. The van der Waals surface area contributed by atoms with Crippen molar-refractivity contribution < 1.29 is 4.39 Å². The minimum atomic E-state index is -0.370. The average molecular weight is 310 g/mol. The normalized spacial score (nSPS) is 11.6. The summed E-state index contributed by atoms with van der Waals surface area (Å²) in [6.07, 6.45) is 3.21. The molecule has 0 aliphatic carbocycles. The first-order valence-corrected chi connectivity index (χ1v) is 6.55. The second-order valence-electron chi connectivity index (χ2n) is 3.73. The van der Waals surface area contributed by atoms with Gasteiger partial charge in [0.05, 0.1) is 5.54 Å². The summed E-state index contributed by atoms with van der Waals surface area (Å²) in [5, 5.41) is 3.10. The Labute approximate surface area is 109 Å². The number of anilines is 1. The lowest BCUT2D eigenvalue weighted by Gasteiger charge is -2.31. The Morgan fingerprint density at radius 3 is 2.56 bits per heavy atom. The molecule has 1 aromatic rings. The van der Waals surface area contributed by atoms with E-state index < -0.39 is 0 Å². The van der Waals surface area contributed by atoms with Gasteiger partial charge < -0.3 is 5.32 Å². The number of rotatable bonds is 5. The third-order valence-corrected chi connectivity index (χ3v) is 3.75. The van der Waals surface area contributed by atoms with Crippen molar-refractivity contribution in [2.45, 2.75) is 32.2 Å². The quantitative estimate of drug-likeness (QED) is 0.825. The van der Waals surface area contributed by atoms with E-state index in [-0.39, 0.29) is 17.2 Å². The van der Waals surface area contributed by atoms with E-state index in [1.54, 1.807) is 6.20 Å². The Morgan fingerprint density at radius 1 is 1.50 bits per heavy atom. The highest BCUT2D eigenvalue weighted by Crippen LogP contribution is 2.25. The van der Waals surface area contributed by atoms with Gasteiger partial charge in [-0.3, -0.25) is 0 Å². The lowest BCUT2D eigenvalue weighted by molar-refractivity contribution is 0.477. The Bertz CT molecular complexity index is 348. The molecular formula is C11H15BrClFN2. The minimum Gasteiger partial charge on any atom is -0.361 e. The number of nitrogens with zero attached hydrogens (tertiary/aromatic N) is 1. The molecular weight excluding hydrogens is 294 g/mol. The van der Waals surface area contributed by atoms with Crippen LogP contribution in [0.1, 0.15) is 26.7 Å². The average Bonchev–Trinajstić information content (AvgIpc) is 2.29. The van der Waals surface area contributed by atoms with E-state index in [0.29, 0.717) is 10.4 Å². The second kappa shape index (κ2) is 5.82. The Balaban J connectivity index is 2.93. The van der Waals surface area contributed by atoms with Gasteiger partial charge in [0.15, 0.2) is 11.6 Å². The van der Waals surface area contributed by atoms with Crippen LogP contribution in [0.25, 0.3) is 0 Å². The largest absolute Gasteiger partial charge is 0.361 e. The summed E-state index contributed by atoms with van der Waals surface area (Å²) in [5.41, 5.74) is -0.288. The van der Waals surface area contributed by atoms with Crippen molar-refractivity contribution in [1.29, 1.82) is 0 Å². The first-order chi connectivity index (χ1) is 7.56. The molecule has 1 heterocycles. The predicted molar refractivity (Wildman–Crippen MR) is 69.6 cm³/mol. The van der Waals surface area contributed by atoms with Gasteiger partial charge >= 0.3 is 0 Å². The number of halogens is 3. The Hall–Kier alpha value is -0.350. The molecule has 0 radical (unpaired) electrons. The van der Waals surface area contributed by atoms with Crippen molar-refractivity contribution in [2.24, 2.45) is 0 Å². The van der Waals surface area contributed by atoms with Gasteiger partial charge in [0, 0.05) is 16.5 Å². The number of nitrogens with one attached hydrogen (secondary N) is 1. The third-order valence-electron chi connectivity index (χ3n) is 2.80. The van der Waals surface area contributed by atoms with Gasteiger partial charge in [-0.25, -0.2) is 9.37 Å². The van der Waals surface area contributed by atoms with Gasteiger partial charge in [-0.05, 0) is 34.8 Å². The van der Waals surface area contributed by atoms with E-state index in [9.17, 15) is 4.39 Å². The van der Waals surface area contributed by atoms with E-state index >= 15 is 0 Å². The summed E-state index contributed by atoms with van der Waals surface area (Å²) < 4.78 is 14.2. The molecule has 2 nitrogen and oxygen atoms in total. The third kappa shape index (κ3) is 3.08. The van der Waals surface area contributed by atoms with Gasteiger partial charge in [0.1, 0.15) is 0 Å². The van der Waals surface area contributed by atoms with Crippen molar-refractivity contribution in [3.05, 3.63) is 22.6 Å². The van der Waals surface area contributed by atoms with Crippen LogP contribution in [-0.4, -0.2) is 16.4 Å². The van der Waals surface area contributed by atoms with E-state index in [1.165, 1.54) is 6.07 Å². The number of pyridine rings is 1. The minimum absolute atomic E-state index is 0.257. The number of alkyl halides is 1. The van der Waals surface area contributed by atoms with E-state index in [1.807, 2.05) is 13.8 Å². The fourth-order valence-corrected chi connectivity index (χ4v) is 2.16. The SMILES string of the molecule is CCC(CC)(CCl)Nc1ncc(Br)cc1F. The molecule has 0 aliphatic heterocycles. The molecule has 1 aromatic heterocycles. The molecule has 0 aliphatic rings. The maximum Gasteiger partial charge on any atom is 0.166 e. The molecule has 0 unspecified atom stereocenters. The van der Waals surface area contributed by atoms with Crippen LogP contribution >= 0.6 is 27.5 Å². The second-order valence-corrected chi connectivity index (χ2v) is 4.91. The summed E-state index contributed by atoms with van der Waals surface area (Å²) in [7, 11) is 0. The van der Waals surface area contributed by atoms with E-state index in [4.69, 9.17) is 11.6 Å². The van der Waals surface area contributed by atoms with Crippen molar-refractivity contribution in [2.75, 3.05) is 11.2 Å².